The molecular weight excluding hydrogens is 308 g/mol. The molecule has 0 unspecified atom stereocenters. The summed E-state index contributed by atoms with van der Waals surface area (Å²) in [6.45, 7) is 3.40. The number of aliphatic imine (C=N–C) groups is 1. The van der Waals surface area contributed by atoms with Crippen LogP contribution in [0.2, 0.25) is 0 Å². The zero-order chi connectivity index (χ0) is 17.1. The van der Waals surface area contributed by atoms with Crippen molar-refractivity contribution in [3.63, 3.8) is 0 Å². The molecule has 1 saturated heterocycles. The van der Waals surface area contributed by atoms with Gasteiger partial charge in [-0.2, -0.15) is 0 Å². The highest BCUT2D eigenvalue weighted by Crippen LogP contribution is 2.30. The molecule has 0 bridgehead atoms. The van der Waals surface area contributed by atoms with Crippen LogP contribution in [0.15, 0.2) is 35.3 Å². The summed E-state index contributed by atoms with van der Waals surface area (Å²) in [6.07, 6.45) is 0. The van der Waals surface area contributed by atoms with Crippen molar-refractivity contribution in [1.29, 1.82) is 0 Å². The fraction of sp³-hybridized carbons (Fsp3) is 0.471. The monoisotopic (exact) mass is 330 g/mol. The topological polar surface area (TPSA) is 74.2 Å². The Labute approximate surface area is 141 Å². The van der Waals surface area contributed by atoms with Crippen molar-refractivity contribution >= 4 is 17.8 Å². The maximum absolute atomic E-state index is 12.6. The lowest BCUT2D eigenvalue weighted by Crippen LogP contribution is -2.56. The van der Waals surface area contributed by atoms with Gasteiger partial charge in [0, 0.05) is 26.2 Å². The number of guanidine groups is 1. The molecule has 7 nitrogen and oxygen atoms in total. The maximum atomic E-state index is 12.6. The Morgan fingerprint density at radius 3 is 2.50 bits per heavy atom. The Balaban J connectivity index is 1.93. The molecule has 2 atom stereocenters. The van der Waals surface area contributed by atoms with E-state index in [1.807, 2.05) is 30.3 Å². The first-order valence-electron chi connectivity index (χ1n) is 8.05. The van der Waals surface area contributed by atoms with E-state index in [2.05, 4.69) is 22.2 Å². The van der Waals surface area contributed by atoms with E-state index in [0.717, 1.165) is 31.7 Å². The molecule has 128 valence electrons. The van der Waals surface area contributed by atoms with Gasteiger partial charge in [-0.3, -0.25) is 14.9 Å². The third-order valence-corrected chi connectivity index (χ3v) is 4.49. The van der Waals surface area contributed by atoms with Gasteiger partial charge in [-0.05, 0) is 12.6 Å². The van der Waals surface area contributed by atoms with Crippen LogP contribution in [0, 0.1) is 5.92 Å². The Hall–Kier alpha value is -2.41. The summed E-state index contributed by atoms with van der Waals surface area (Å²) in [5.41, 5.74) is 0.828. The Morgan fingerprint density at radius 1 is 1.21 bits per heavy atom. The first-order valence-corrected chi connectivity index (χ1v) is 8.05. The number of esters is 1. The van der Waals surface area contributed by atoms with Crippen molar-refractivity contribution in [3.05, 3.63) is 35.9 Å². The summed E-state index contributed by atoms with van der Waals surface area (Å²) >= 11 is 0. The number of piperazine rings is 1. The smallest absolute Gasteiger partial charge is 0.320 e. The highest BCUT2D eigenvalue weighted by molar-refractivity contribution is 6.08. The van der Waals surface area contributed by atoms with Crippen LogP contribution in [-0.2, 0) is 14.3 Å². The van der Waals surface area contributed by atoms with Crippen molar-refractivity contribution in [2.75, 3.05) is 40.3 Å². The zero-order valence-corrected chi connectivity index (χ0v) is 13.9. The molecule has 0 aliphatic carbocycles. The van der Waals surface area contributed by atoms with E-state index in [9.17, 15) is 9.59 Å². The summed E-state index contributed by atoms with van der Waals surface area (Å²) in [5, 5.41) is 2.78. The van der Waals surface area contributed by atoms with Crippen LogP contribution in [0.5, 0.6) is 0 Å². The van der Waals surface area contributed by atoms with E-state index < -0.39 is 17.9 Å². The average Bonchev–Trinajstić information content (AvgIpc) is 2.62. The second-order valence-corrected chi connectivity index (χ2v) is 6.09. The van der Waals surface area contributed by atoms with Crippen LogP contribution in [-0.4, -0.2) is 68.0 Å². The normalized spacial score (nSPS) is 25.0. The minimum atomic E-state index is -0.964. The van der Waals surface area contributed by atoms with E-state index in [1.54, 1.807) is 0 Å². The summed E-state index contributed by atoms with van der Waals surface area (Å²) < 4.78 is 4.82. The number of hydrogen-bond acceptors (Lipinski definition) is 6. The van der Waals surface area contributed by atoms with E-state index in [4.69, 9.17) is 9.73 Å². The van der Waals surface area contributed by atoms with Gasteiger partial charge in [-0.15, -0.1) is 0 Å². The van der Waals surface area contributed by atoms with Gasteiger partial charge in [-0.25, -0.2) is 4.99 Å². The molecule has 0 spiro atoms. The molecule has 2 aliphatic rings. The maximum Gasteiger partial charge on any atom is 0.320 e. The number of rotatable bonds is 2. The largest absolute Gasteiger partial charge is 0.468 e. The van der Waals surface area contributed by atoms with Crippen LogP contribution >= 0.6 is 0 Å². The van der Waals surface area contributed by atoms with Gasteiger partial charge in [0.1, 0.15) is 6.04 Å². The van der Waals surface area contributed by atoms with E-state index in [0.29, 0.717) is 5.96 Å². The van der Waals surface area contributed by atoms with Gasteiger partial charge in [0.25, 0.3) is 0 Å². The molecule has 1 aromatic carbocycles. The second-order valence-electron chi connectivity index (χ2n) is 6.09. The van der Waals surface area contributed by atoms with E-state index in [1.165, 1.54) is 7.11 Å². The van der Waals surface area contributed by atoms with Crippen molar-refractivity contribution < 1.29 is 14.3 Å². The quantitative estimate of drug-likeness (QED) is 0.621. The number of nitrogens with zero attached hydrogens (tertiary/aromatic N) is 3. The molecule has 0 radical (unpaired) electrons. The van der Waals surface area contributed by atoms with Crippen molar-refractivity contribution in [2.24, 2.45) is 10.9 Å². The first kappa shape index (κ1) is 16.4. The molecule has 2 aliphatic heterocycles. The number of ether oxygens (including phenoxy) is 1. The molecule has 1 aromatic rings. The molecule has 3 rings (SSSR count). The Bertz CT molecular complexity index is 638. The third kappa shape index (κ3) is 3.26. The SMILES string of the molecule is COC(=O)[C@@H]1C(=O)NC(N2CCN(C)CC2)=N[C@@H]1c1ccccc1. The molecule has 24 heavy (non-hydrogen) atoms. The fourth-order valence-corrected chi connectivity index (χ4v) is 3.03. The number of likely N-dealkylation sites (N-methyl/N-ethyl adjacent to an activating group) is 1. The van der Waals surface area contributed by atoms with Gasteiger partial charge < -0.3 is 14.5 Å². The minimum absolute atomic E-state index is 0.361. The number of carbonyl (C=O) groups is 2. The van der Waals surface area contributed by atoms with Crippen molar-refractivity contribution in [3.8, 4) is 0 Å². The van der Waals surface area contributed by atoms with Crippen LogP contribution in [0.3, 0.4) is 0 Å². The summed E-state index contributed by atoms with van der Waals surface area (Å²) in [5.74, 6) is -1.35. The van der Waals surface area contributed by atoms with Crippen molar-refractivity contribution in [1.82, 2.24) is 15.1 Å². The molecular formula is C17H22N4O3. The number of carbonyl (C=O) groups excluding carboxylic acids is 2. The number of amides is 1. The summed E-state index contributed by atoms with van der Waals surface area (Å²) in [6, 6.07) is 8.84. The lowest BCUT2D eigenvalue weighted by molar-refractivity contribution is -0.151. The highest BCUT2D eigenvalue weighted by atomic mass is 16.5. The van der Waals surface area contributed by atoms with Crippen LogP contribution < -0.4 is 5.32 Å². The van der Waals surface area contributed by atoms with E-state index in [-0.39, 0.29) is 5.91 Å². The molecule has 1 fully saturated rings. The fourth-order valence-electron chi connectivity index (χ4n) is 3.03. The van der Waals surface area contributed by atoms with Crippen molar-refractivity contribution in [2.45, 2.75) is 6.04 Å². The van der Waals surface area contributed by atoms with Gasteiger partial charge in [0.15, 0.2) is 5.92 Å². The first-order chi connectivity index (χ1) is 11.6. The molecule has 7 heteroatoms. The van der Waals surface area contributed by atoms with Gasteiger partial charge in [0.05, 0.1) is 7.11 Å². The van der Waals surface area contributed by atoms with Gasteiger partial charge >= 0.3 is 5.97 Å². The zero-order valence-electron chi connectivity index (χ0n) is 13.9. The lowest BCUT2D eigenvalue weighted by atomic mass is 9.91. The molecule has 2 heterocycles. The average molecular weight is 330 g/mol. The Morgan fingerprint density at radius 2 is 1.88 bits per heavy atom. The molecule has 0 saturated carbocycles. The minimum Gasteiger partial charge on any atom is -0.468 e. The van der Waals surface area contributed by atoms with Crippen LogP contribution in [0.25, 0.3) is 0 Å². The number of benzene rings is 1. The highest BCUT2D eigenvalue weighted by Gasteiger charge is 2.41. The summed E-state index contributed by atoms with van der Waals surface area (Å²) in [7, 11) is 3.36. The predicted molar refractivity (Wildman–Crippen MR) is 89.3 cm³/mol. The summed E-state index contributed by atoms with van der Waals surface area (Å²) in [4.78, 5) is 33.7. The Kier molecular flexibility index (Phi) is 4.80. The van der Waals surface area contributed by atoms with E-state index >= 15 is 0 Å². The number of methoxy groups -OCH3 is 1. The van der Waals surface area contributed by atoms with Crippen LogP contribution in [0.4, 0.5) is 0 Å². The van der Waals surface area contributed by atoms with Gasteiger partial charge in [-0.1, -0.05) is 30.3 Å². The molecule has 1 amide bonds. The third-order valence-electron chi connectivity index (χ3n) is 4.49. The second kappa shape index (κ2) is 7.00. The number of nitrogens with one attached hydrogen (secondary N) is 1. The van der Waals surface area contributed by atoms with Crippen LogP contribution in [0.1, 0.15) is 11.6 Å². The molecule has 1 N–H and O–H groups in total. The standard InChI is InChI=1S/C17H22N4O3/c1-20-8-10-21(11-9-20)17-18-14(12-6-4-3-5-7-12)13(15(22)19-17)16(23)24-2/h3-7,13-14H,8-11H2,1-2H3,(H,18,19,22)/t13-,14+/m0/s1. The number of hydrogen-bond donors (Lipinski definition) is 1. The molecule has 0 aromatic heterocycles. The predicted octanol–water partition coefficient (Wildman–Crippen LogP) is 0.250. The van der Waals surface area contributed by atoms with Gasteiger partial charge in [0.2, 0.25) is 11.9 Å². The lowest BCUT2D eigenvalue weighted by Gasteiger charge is -2.37.